The lowest BCUT2D eigenvalue weighted by atomic mass is 9.77. The molecule has 0 amide bonds. The molecule has 4 rings (SSSR count). The highest BCUT2D eigenvalue weighted by Crippen LogP contribution is 2.45. The van der Waals surface area contributed by atoms with Crippen LogP contribution in [0, 0.1) is 28.4 Å². The number of nitriles is 1. The molecule has 0 fully saturated rings. The number of aryl methyl sites for hydroxylation is 1. The molecule has 2 aromatic carbocycles. The highest BCUT2D eigenvalue weighted by atomic mass is 16.6. The first kappa shape index (κ1) is 21.1. The van der Waals surface area contributed by atoms with Gasteiger partial charge in [-0.1, -0.05) is 35.9 Å². The zero-order chi connectivity index (χ0) is 22.8. The van der Waals surface area contributed by atoms with Gasteiger partial charge in [0, 0.05) is 24.5 Å². The summed E-state index contributed by atoms with van der Waals surface area (Å²) in [5.74, 6) is -0.482. The number of nitro groups is 1. The fourth-order valence-corrected chi connectivity index (χ4v) is 4.01. The summed E-state index contributed by atoms with van der Waals surface area (Å²) in [6, 6.07) is 14.2. The molecule has 2 aliphatic rings. The Morgan fingerprint density at radius 3 is 2.69 bits per heavy atom. The summed E-state index contributed by atoms with van der Waals surface area (Å²) in [5.41, 5.74) is 8.53. The molecule has 1 aliphatic heterocycles. The van der Waals surface area contributed by atoms with Crippen molar-refractivity contribution in [1.82, 2.24) is 0 Å². The molecule has 1 aliphatic carbocycles. The van der Waals surface area contributed by atoms with Crippen LogP contribution in [0.25, 0.3) is 0 Å². The molecule has 0 saturated carbocycles. The minimum absolute atomic E-state index is 0.0709. The fraction of sp³-hybridized carbons (Fsp3) is 0.250. The first-order valence-electron chi connectivity index (χ1n) is 10.2. The number of nitro benzene ring substituents is 1. The number of hydrogen-bond acceptors (Lipinski definition) is 7. The molecule has 1 heterocycles. The highest BCUT2D eigenvalue weighted by molar-refractivity contribution is 5.99. The van der Waals surface area contributed by atoms with Gasteiger partial charge in [-0.05, 0) is 30.5 Å². The van der Waals surface area contributed by atoms with Crippen LogP contribution in [0.4, 0.5) is 5.69 Å². The Morgan fingerprint density at radius 2 is 2.00 bits per heavy atom. The maximum atomic E-state index is 12.7. The molecule has 0 bridgehead atoms. The third kappa shape index (κ3) is 3.93. The van der Waals surface area contributed by atoms with Gasteiger partial charge >= 0.3 is 5.69 Å². The summed E-state index contributed by atoms with van der Waals surface area (Å²) in [6.45, 7) is 2.14. The lowest BCUT2D eigenvalue weighted by Crippen LogP contribution is -2.27. The van der Waals surface area contributed by atoms with Gasteiger partial charge in [-0.2, -0.15) is 5.26 Å². The quantitative estimate of drug-likeness (QED) is 0.552. The topological polar surface area (TPSA) is 128 Å². The molecule has 8 nitrogen and oxygen atoms in total. The Kier molecular flexibility index (Phi) is 5.65. The lowest BCUT2D eigenvalue weighted by molar-refractivity contribution is -0.386. The predicted octanol–water partition coefficient (Wildman–Crippen LogP) is 4.30. The average Bonchev–Trinajstić information content (AvgIpc) is 2.78. The molecule has 0 aromatic heterocycles. The summed E-state index contributed by atoms with van der Waals surface area (Å²) in [7, 11) is 0. The van der Waals surface area contributed by atoms with E-state index >= 15 is 0 Å². The average molecular weight is 431 g/mol. The predicted molar refractivity (Wildman–Crippen MR) is 115 cm³/mol. The van der Waals surface area contributed by atoms with Crippen molar-refractivity contribution in [2.24, 2.45) is 5.73 Å². The maximum absolute atomic E-state index is 12.7. The van der Waals surface area contributed by atoms with Crippen LogP contribution in [0.5, 0.6) is 5.75 Å². The van der Waals surface area contributed by atoms with Crippen LogP contribution in [0.2, 0.25) is 0 Å². The number of hydrogen-bond donors (Lipinski definition) is 1. The Morgan fingerprint density at radius 1 is 1.25 bits per heavy atom. The number of ether oxygens (including phenoxy) is 2. The number of nitrogens with two attached hydrogens (primary N) is 1. The molecule has 162 valence electrons. The molecule has 8 heteroatoms. The summed E-state index contributed by atoms with van der Waals surface area (Å²) in [4.78, 5) is 23.9. The van der Waals surface area contributed by atoms with Crippen LogP contribution in [-0.4, -0.2) is 10.7 Å². The van der Waals surface area contributed by atoms with Crippen LogP contribution in [0.1, 0.15) is 41.9 Å². The number of Topliss-reactive ketones (excluding diaryl/α,β-unsaturated/α-hetero) is 1. The number of carbonyl (C=O) groups excluding carboxylic acids is 1. The van der Waals surface area contributed by atoms with Gasteiger partial charge in [-0.25, -0.2) is 0 Å². The van der Waals surface area contributed by atoms with Crippen molar-refractivity contribution < 1.29 is 19.2 Å². The van der Waals surface area contributed by atoms with Crippen molar-refractivity contribution in [3.63, 3.8) is 0 Å². The highest BCUT2D eigenvalue weighted by Gasteiger charge is 2.38. The van der Waals surface area contributed by atoms with Gasteiger partial charge in [-0.15, -0.1) is 0 Å². The van der Waals surface area contributed by atoms with Gasteiger partial charge in [0.05, 0.1) is 10.8 Å². The Balaban J connectivity index is 1.72. The standard InChI is InChI=1S/C24H21N3O5/c1-14-5-7-15(8-6-14)13-31-20-10-9-16(11-18(20)27(29)30)22-17(12-25)24(26)32-21-4-2-3-19(28)23(21)22/h5-11,22H,2-4,13,26H2,1H3/t22-/m0/s1. The summed E-state index contributed by atoms with van der Waals surface area (Å²) < 4.78 is 11.3. The van der Waals surface area contributed by atoms with E-state index < -0.39 is 10.8 Å². The van der Waals surface area contributed by atoms with Crippen molar-refractivity contribution in [3.05, 3.63) is 92.1 Å². The Labute approximate surface area is 184 Å². The van der Waals surface area contributed by atoms with Gasteiger partial charge in [0.25, 0.3) is 0 Å². The van der Waals surface area contributed by atoms with Crippen molar-refractivity contribution in [2.75, 3.05) is 0 Å². The van der Waals surface area contributed by atoms with Crippen LogP contribution >= 0.6 is 0 Å². The molecule has 0 radical (unpaired) electrons. The summed E-state index contributed by atoms with van der Waals surface area (Å²) >= 11 is 0. The van der Waals surface area contributed by atoms with E-state index in [0.717, 1.165) is 11.1 Å². The molecule has 0 unspecified atom stereocenters. The molecule has 0 saturated heterocycles. The van der Waals surface area contributed by atoms with E-state index in [1.165, 1.54) is 12.1 Å². The van der Waals surface area contributed by atoms with Gasteiger partial charge in [0.15, 0.2) is 11.5 Å². The van der Waals surface area contributed by atoms with E-state index in [9.17, 15) is 20.2 Å². The normalized spacial score (nSPS) is 18.0. The van der Waals surface area contributed by atoms with Gasteiger partial charge in [0.2, 0.25) is 5.88 Å². The molecule has 0 spiro atoms. The minimum Gasteiger partial charge on any atom is -0.482 e. The Hall–Kier alpha value is -4.12. The first-order valence-corrected chi connectivity index (χ1v) is 10.2. The summed E-state index contributed by atoms with van der Waals surface area (Å²) in [5, 5.41) is 21.5. The first-order chi connectivity index (χ1) is 15.4. The number of carbonyl (C=O) groups is 1. The SMILES string of the molecule is Cc1ccc(COc2ccc([C@H]3C(C#N)=C(N)OC4=C3C(=O)CCC4)cc2[N+](=O)[O-])cc1. The second-order valence-corrected chi connectivity index (χ2v) is 7.80. The van der Waals surface area contributed by atoms with E-state index in [2.05, 4.69) is 0 Å². The maximum Gasteiger partial charge on any atom is 0.311 e. The molecule has 32 heavy (non-hydrogen) atoms. The molecule has 2 aromatic rings. The van der Waals surface area contributed by atoms with Crippen LogP contribution < -0.4 is 10.5 Å². The third-order valence-corrected chi connectivity index (χ3v) is 5.63. The van der Waals surface area contributed by atoms with Crippen molar-refractivity contribution in [2.45, 2.75) is 38.7 Å². The molecule has 2 N–H and O–H groups in total. The molecular weight excluding hydrogens is 410 g/mol. The molecule has 1 atom stereocenters. The van der Waals surface area contributed by atoms with E-state index in [1.54, 1.807) is 6.07 Å². The number of rotatable bonds is 5. The zero-order valence-corrected chi connectivity index (χ0v) is 17.5. The summed E-state index contributed by atoms with van der Waals surface area (Å²) in [6.07, 6.45) is 1.49. The number of ketones is 1. The Bertz CT molecular complexity index is 1210. The van der Waals surface area contributed by atoms with E-state index in [-0.39, 0.29) is 35.3 Å². The van der Waals surface area contributed by atoms with Crippen LogP contribution in [0.15, 0.2) is 65.3 Å². The van der Waals surface area contributed by atoms with Crippen LogP contribution in [-0.2, 0) is 16.1 Å². The number of allylic oxidation sites excluding steroid dienone is 3. The van der Waals surface area contributed by atoms with Gasteiger partial charge in [0.1, 0.15) is 24.0 Å². The number of nitrogens with zero attached hydrogens (tertiary/aromatic N) is 2. The largest absolute Gasteiger partial charge is 0.482 e. The second-order valence-electron chi connectivity index (χ2n) is 7.80. The fourth-order valence-electron chi connectivity index (χ4n) is 4.01. The van der Waals surface area contributed by atoms with E-state index in [0.29, 0.717) is 36.2 Å². The zero-order valence-electron chi connectivity index (χ0n) is 17.5. The van der Waals surface area contributed by atoms with Crippen molar-refractivity contribution >= 4 is 11.5 Å². The smallest absolute Gasteiger partial charge is 0.311 e. The number of benzene rings is 2. The second kappa shape index (κ2) is 8.55. The van der Waals surface area contributed by atoms with Gasteiger partial charge < -0.3 is 15.2 Å². The van der Waals surface area contributed by atoms with E-state index in [1.807, 2.05) is 37.3 Å². The van der Waals surface area contributed by atoms with Gasteiger partial charge in [-0.3, -0.25) is 14.9 Å². The van der Waals surface area contributed by atoms with Crippen molar-refractivity contribution in [3.8, 4) is 11.8 Å². The van der Waals surface area contributed by atoms with E-state index in [4.69, 9.17) is 15.2 Å². The monoisotopic (exact) mass is 431 g/mol. The molecular formula is C24H21N3O5. The lowest BCUT2D eigenvalue weighted by Gasteiger charge is -2.30. The van der Waals surface area contributed by atoms with Crippen molar-refractivity contribution in [1.29, 1.82) is 5.26 Å². The minimum atomic E-state index is -0.804. The third-order valence-electron chi connectivity index (χ3n) is 5.63. The van der Waals surface area contributed by atoms with Crippen LogP contribution in [0.3, 0.4) is 0 Å².